The molecule has 1 saturated heterocycles. The van der Waals surface area contributed by atoms with Crippen molar-refractivity contribution >= 4 is 5.97 Å². The molecule has 98 valence electrons. The van der Waals surface area contributed by atoms with E-state index in [9.17, 15) is 4.79 Å². The van der Waals surface area contributed by atoms with E-state index in [1.165, 1.54) is 19.3 Å². The van der Waals surface area contributed by atoms with Gasteiger partial charge in [0.15, 0.2) is 0 Å². The SMILES string of the molecule is CC1CC(C(=O)O)CCN1C1CCCC1(C)C. The molecule has 2 aliphatic rings. The third-order valence-corrected chi connectivity index (χ3v) is 4.88. The second kappa shape index (κ2) is 4.60. The van der Waals surface area contributed by atoms with Gasteiger partial charge in [-0.1, -0.05) is 20.3 Å². The average Bonchev–Trinajstić information content (AvgIpc) is 2.58. The molecule has 2 rings (SSSR count). The fourth-order valence-electron chi connectivity index (χ4n) is 3.80. The Bertz CT molecular complexity index is 301. The maximum Gasteiger partial charge on any atom is 0.306 e. The molecule has 0 spiro atoms. The van der Waals surface area contributed by atoms with Crippen molar-refractivity contribution in [3.05, 3.63) is 0 Å². The van der Waals surface area contributed by atoms with Crippen molar-refractivity contribution in [2.75, 3.05) is 6.54 Å². The normalized spacial score (nSPS) is 38.2. The van der Waals surface area contributed by atoms with Crippen LogP contribution in [0.1, 0.15) is 52.9 Å². The van der Waals surface area contributed by atoms with E-state index in [2.05, 4.69) is 25.7 Å². The zero-order chi connectivity index (χ0) is 12.6. The highest BCUT2D eigenvalue weighted by Crippen LogP contribution is 2.42. The molecule has 3 unspecified atom stereocenters. The first-order chi connectivity index (χ1) is 7.92. The molecule has 1 N–H and O–H groups in total. The third-order valence-electron chi connectivity index (χ3n) is 4.88. The minimum absolute atomic E-state index is 0.120. The Morgan fingerprint density at radius 2 is 2.06 bits per heavy atom. The molecule has 0 aromatic carbocycles. The van der Waals surface area contributed by atoms with Crippen molar-refractivity contribution in [1.29, 1.82) is 0 Å². The van der Waals surface area contributed by atoms with E-state index in [0.29, 0.717) is 17.5 Å². The lowest BCUT2D eigenvalue weighted by molar-refractivity contribution is -0.144. The summed E-state index contributed by atoms with van der Waals surface area (Å²) in [5, 5.41) is 9.09. The van der Waals surface area contributed by atoms with Crippen molar-refractivity contribution in [1.82, 2.24) is 4.90 Å². The lowest BCUT2D eigenvalue weighted by atomic mass is 9.82. The van der Waals surface area contributed by atoms with Gasteiger partial charge in [-0.2, -0.15) is 0 Å². The van der Waals surface area contributed by atoms with Crippen molar-refractivity contribution in [2.24, 2.45) is 11.3 Å². The van der Waals surface area contributed by atoms with Crippen LogP contribution in [0.5, 0.6) is 0 Å². The van der Waals surface area contributed by atoms with Crippen molar-refractivity contribution in [3.8, 4) is 0 Å². The van der Waals surface area contributed by atoms with Gasteiger partial charge in [-0.05, 0) is 44.6 Å². The van der Waals surface area contributed by atoms with Crippen LogP contribution in [0, 0.1) is 11.3 Å². The van der Waals surface area contributed by atoms with E-state index in [1.807, 2.05) is 0 Å². The van der Waals surface area contributed by atoms with E-state index in [-0.39, 0.29) is 5.92 Å². The zero-order valence-corrected chi connectivity index (χ0v) is 11.3. The number of hydrogen-bond donors (Lipinski definition) is 1. The minimum Gasteiger partial charge on any atom is -0.481 e. The summed E-state index contributed by atoms with van der Waals surface area (Å²) < 4.78 is 0. The van der Waals surface area contributed by atoms with Crippen LogP contribution in [-0.2, 0) is 4.79 Å². The minimum atomic E-state index is -0.609. The van der Waals surface area contributed by atoms with E-state index in [4.69, 9.17) is 5.11 Å². The smallest absolute Gasteiger partial charge is 0.306 e. The number of carbonyl (C=O) groups is 1. The van der Waals surface area contributed by atoms with Crippen LogP contribution in [-0.4, -0.2) is 34.6 Å². The third kappa shape index (κ3) is 2.49. The molecule has 3 nitrogen and oxygen atoms in total. The Labute approximate surface area is 104 Å². The van der Waals surface area contributed by atoms with Crippen LogP contribution < -0.4 is 0 Å². The number of nitrogens with zero attached hydrogens (tertiary/aromatic N) is 1. The summed E-state index contributed by atoms with van der Waals surface area (Å²) in [6, 6.07) is 1.08. The predicted molar refractivity (Wildman–Crippen MR) is 67.9 cm³/mol. The summed E-state index contributed by atoms with van der Waals surface area (Å²) in [7, 11) is 0. The first kappa shape index (κ1) is 12.9. The van der Waals surface area contributed by atoms with Gasteiger partial charge in [0.1, 0.15) is 0 Å². The number of carboxylic acid groups (broad SMARTS) is 1. The largest absolute Gasteiger partial charge is 0.481 e. The Kier molecular flexibility index (Phi) is 3.48. The predicted octanol–water partition coefficient (Wildman–Crippen LogP) is 2.75. The average molecular weight is 239 g/mol. The first-order valence-corrected chi connectivity index (χ1v) is 6.90. The van der Waals surface area contributed by atoms with Gasteiger partial charge < -0.3 is 5.11 Å². The Hall–Kier alpha value is -0.570. The van der Waals surface area contributed by atoms with Gasteiger partial charge in [0, 0.05) is 12.1 Å². The molecule has 3 heteroatoms. The van der Waals surface area contributed by atoms with E-state index >= 15 is 0 Å². The monoisotopic (exact) mass is 239 g/mol. The quantitative estimate of drug-likeness (QED) is 0.805. The lowest BCUT2D eigenvalue weighted by Gasteiger charge is -2.45. The van der Waals surface area contributed by atoms with E-state index < -0.39 is 5.97 Å². The number of aliphatic carboxylic acids is 1. The topological polar surface area (TPSA) is 40.5 Å². The van der Waals surface area contributed by atoms with Crippen LogP contribution >= 0.6 is 0 Å². The molecular formula is C14H25NO2. The molecule has 0 aromatic heterocycles. The van der Waals surface area contributed by atoms with Gasteiger partial charge in [0.2, 0.25) is 0 Å². The number of carboxylic acids is 1. The van der Waals surface area contributed by atoms with E-state index in [0.717, 1.165) is 19.4 Å². The number of rotatable bonds is 2. The molecule has 0 radical (unpaired) electrons. The summed E-state index contributed by atoms with van der Waals surface area (Å²) in [4.78, 5) is 13.6. The van der Waals surface area contributed by atoms with Crippen molar-refractivity contribution in [2.45, 2.75) is 65.0 Å². The number of hydrogen-bond acceptors (Lipinski definition) is 2. The van der Waals surface area contributed by atoms with E-state index in [1.54, 1.807) is 0 Å². The van der Waals surface area contributed by atoms with Crippen LogP contribution in [0.2, 0.25) is 0 Å². The molecule has 2 fully saturated rings. The summed E-state index contributed by atoms with van der Waals surface area (Å²) >= 11 is 0. The second-order valence-corrected chi connectivity index (χ2v) is 6.54. The Morgan fingerprint density at radius 1 is 1.35 bits per heavy atom. The molecule has 0 bridgehead atoms. The summed E-state index contributed by atoms with van der Waals surface area (Å²) in [6.07, 6.45) is 5.57. The van der Waals surface area contributed by atoms with Gasteiger partial charge in [0.05, 0.1) is 5.92 Å². The molecule has 1 heterocycles. The second-order valence-electron chi connectivity index (χ2n) is 6.54. The Balaban J connectivity index is 2.02. The lowest BCUT2D eigenvalue weighted by Crippen LogP contribution is -2.51. The molecule has 1 saturated carbocycles. The highest BCUT2D eigenvalue weighted by Gasteiger charge is 2.42. The highest BCUT2D eigenvalue weighted by atomic mass is 16.4. The molecule has 17 heavy (non-hydrogen) atoms. The van der Waals surface area contributed by atoms with Crippen LogP contribution in [0.25, 0.3) is 0 Å². The molecule has 3 atom stereocenters. The van der Waals surface area contributed by atoms with Crippen molar-refractivity contribution in [3.63, 3.8) is 0 Å². The van der Waals surface area contributed by atoms with Gasteiger partial charge in [-0.15, -0.1) is 0 Å². The fourth-order valence-corrected chi connectivity index (χ4v) is 3.80. The first-order valence-electron chi connectivity index (χ1n) is 6.90. The summed E-state index contributed by atoms with van der Waals surface area (Å²) in [5.74, 6) is -0.729. The summed E-state index contributed by atoms with van der Waals surface area (Å²) in [5.41, 5.74) is 0.407. The molecular weight excluding hydrogens is 214 g/mol. The number of piperidine rings is 1. The van der Waals surface area contributed by atoms with Crippen LogP contribution in [0.4, 0.5) is 0 Å². The Morgan fingerprint density at radius 3 is 2.53 bits per heavy atom. The maximum atomic E-state index is 11.0. The van der Waals surface area contributed by atoms with Gasteiger partial charge in [-0.3, -0.25) is 9.69 Å². The van der Waals surface area contributed by atoms with Gasteiger partial charge in [0.25, 0.3) is 0 Å². The summed E-state index contributed by atoms with van der Waals surface area (Å²) in [6.45, 7) is 7.89. The molecule has 0 amide bonds. The van der Waals surface area contributed by atoms with Gasteiger partial charge in [-0.25, -0.2) is 0 Å². The van der Waals surface area contributed by atoms with Crippen LogP contribution in [0.15, 0.2) is 0 Å². The number of likely N-dealkylation sites (tertiary alicyclic amines) is 1. The molecule has 1 aliphatic heterocycles. The fraction of sp³-hybridized carbons (Fsp3) is 0.929. The zero-order valence-electron chi connectivity index (χ0n) is 11.3. The highest BCUT2D eigenvalue weighted by molar-refractivity contribution is 5.70. The van der Waals surface area contributed by atoms with Crippen molar-refractivity contribution < 1.29 is 9.90 Å². The maximum absolute atomic E-state index is 11.0. The standard InChI is InChI=1S/C14H25NO2/c1-10-9-11(13(16)17)6-8-15(10)12-5-4-7-14(12,2)3/h10-12H,4-9H2,1-3H3,(H,16,17). The molecule has 1 aliphatic carbocycles. The van der Waals surface area contributed by atoms with Gasteiger partial charge >= 0.3 is 5.97 Å². The van der Waals surface area contributed by atoms with Crippen LogP contribution in [0.3, 0.4) is 0 Å². The molecule has 0 aromatic rings.